The van der Waals surface area contributed by atoms with Crippen LogP contribution < -0.4 is 5.32 Å². The SMILES string of the molecule is CCCCOC(=O)c1ccc(NC(=O)c2cc(-c3ccccc3)nc3ccc(Br)cc23)cc1. The highest BCUT2D eigenvalue weighted by Gasteiger charge is 2.15. The van der Waals surface area contributed by atoms with Gasteiger partial charge in [-0.1, -0.05) is 59.6 Å². The van der Waals surface area contributed by atoms with Gasteiger partial charge in [0.25, 0.3) is 5.91 Å². The maximum Gasteiger partial charge on any atom is 0.338 e. The van der Waals surface area contributed by atoms with Crippen molar-refractivity contribution >= 4 is 44.4 Å². The molecule has 0 bridgehead atoms. The van der Waals surface area contributed by atoms with E-state index in [0.717, 1.165) is 39.5 Å². The Labute approximate surface area is 200 Å². The molecule has 1 amide bonds. The summed E-state index contributed by atoms with van der Waals surface area (Å²) < 4.78 is 6.10. The molecule has 5 nitrogen and oxygen atoms in total. The molecule has 4 rings (SSSR count). The van der Waals surface area contributed by atoms with Crippen molar-refractivity contribution in [3.63, 3.8) is 0 Å². The van der Waals surface area contributed by atoms with Crippen molar-refractivity contribution in [3.05, 3.63) is 94.5 Å². The van der Waals surface area contributed by atoms with Crippen molar-refractivity contribution in [2.45, 2.75) is 19.8 Å². The monoisotopic (exact) mass is 502 g/mol. The largest absolute Gasteiger partial charge is 0.462 e. The molecule has 1 aromatic heterocycles. The number of unbranched alkanes of at least 4 members (excludes halogenated alkanes) is 1. The third-order valence-electron chi connectivity index (χ3n) is 5.19. The topological polar surface area (TPSA) is 68.3 Å². The second-order valence-corrected chi connectivity index (χ2v) is 8.52. The zero-order chi connectivity index (χ0) is 23.2. The molecular formula is C27H23BrN2O3. The number of esters is 1. The number of aromatic nitrogens is 1. The van der Waals surface area contributed by atoms with E-state index in [-0.39, 0.29) is 11.9 Å². The molecule has 0 aliphatic heterocycles. The lowest BCUT2D eigenvalue weighted by Gasteiger charge is -2.11. The van der Waals surface area contributed by atoms with Gasteiger partial charge in [-0.05, 0) is 55.0 Å². The van der Waals surface area contributed by atoms with Gasteiger partial charge in [0.2, 0.25) is 0 Å². The summed E-state index contributed by atoms with van der Waals surface area (Å²) in [5, 5.41) is 3.68. The average Bonchev–Trinajstić information content (AvgIpc) is 2.84. The molecule has 0 fully saturated rings. The summed E-state index contributed by atoms with van der Waals surface area (Å²) >= 11 is 3.49. The van der Waals surface area contributed by atoms with Gasteiger partial charge in [0.1, 0.15) is 0 Å². The highest BCUT2D eigenvalue weighted by molar-refractivity contribution is 9.10. The summed E-state index contributed by atoms with van der Waals surface area (Å²) in [7, 11) is 0. The fourth-order valence-corrected chi connectivity index (χ4v) is 3.78. The molecule has 0 saturated carbocycles. The Kier molecular flexibility index (Phi) is 7.15. The third-order valence-corrected chi connectivity index (χ3v) is 5.69. The first kappa shape index (κ1) is 22.7. The molecule has 33 heavy (non-hydrogen) atoms. The van der Waals surface area contributed by atoms with Crippen molar-refractivity contribution in [1.29, 1.82) is 0 Å². The first-order chi connectivity index (χ1) is 16.0. The van der Waals surface area contributed by atoms with E-state index in [1.165, 1.54) is 0 Å². The molecule has 0 spiro atoms. The van der Waals surface area contributed by atoms with E-state index in [0.29, 0.717) is 23.4 Å². The smallest absolute Gasteiger partial charge is 0.338 e. The molecule has 166 valence electrons. The number of rotatable bonds is 7. The summed E-state index contributed by atoms with van der Waals surface area (Å²) in [6, 6.07) is 24.0. The lowest BCUT2D eigenvalue weighted by atomic mass is 10.0. The lowest BCUT2D eigenvalue weighted by molar-refractivity contribution is 0.0499. The van der Waals surface area contributed by atoms with E-state index in [4.69, 9.17) is 9.72 Å². The average molecular weight is 503 g/mol. The van der Waals surface area contributed by atoms with Crippen LogP contribution in [0.3, 0.4) is 0 Å². The molecule has 0 saturated heterocycles. The molecule has 3 aromatic carbocycles. The second-order valence-electron chi connectivity index (χ2n) is 7.60. The Morgan fingerprint density at radius 2 is 1.73 bits per heavy atom. The molecule has 0 aliphatic rings. The van der Waals surface area contributed by atoms with Crippen molar-refractivity contribution in [3.8, 4) is 11.3 Å². The van der Waals surface area contributed by atoms with Crippen LogP contribution in [0.1, 0.15) is 40.5 Å². The van der Waals surface area contributed by atoms with E-state index >= 15 is 0 Å². The third kappa shape index (κ3) is 5.46. The number of nitrogens with zero attached hydrogens (tertiary/aromatic N) is 1. The number of pyridine rings is 1. The van der Waals surface area contributed by atoms with Crippen molar-refractivity contribution in [2.75, 3.05) is 11.9 Å². The van der Waals surface area contributed by atoms with Crippen molar-refractivity contribution < 1.29 is 14.3 Å². The lowest BCUT2D eigenvalue weighted by Crippen LogP contribution is -2.13. The van der Waals surface area contributed by atoms with Crippen LogP contribution in [0.25, 0.3) is 22.2 Å². The Morgan fingerprint density at radius 1 is 0.970 bits per heavy atom. The van der Waals surface area contributed by atoms with Crippen LogP contribution in [0.4, 0.5) is 5.69 Å². The van der Waals surface area contributed by atoms with E-state index in [1.54, 1.807) is 30.3 Å². The van der Waals surface area contributed by atoms with Gasteiger partial charge in [0.15, 0.2) is 0 Å². The van der Waals surface area contributed by atoms with Crippen molar-refractivity contribution in [2.24, 2.45) is 0 Å². The molecular weight excluding hydrogens is 480 g/mol. The van der Waals surface area contributed by atoms with Gasteiger partial charge in [0, 0.05) is 21.1 Å². The number of halogens is 1. The van der Waals surface area contributed by atoms with Crippen molar-refractivity contribution in [1.82, 2.24) is 4.98 Å². The number of fused-ring (bicyclic) bond motifs is 1. The Morgan fingerprint density at radius 3 is 2.45 bits per heavy atom. The molecule has 0 unspecified atom stereocenters. The highest BCUT2D eigenvalue weighted by atomic mass is 79.9. The number of carbonyl (C=O) groups excluding carboxylic acids is 2. The van der Waals surface area contributed by atoms with E-state index in [1.807, 2.05) is 55.5 Å². The summed E-state index contributed by atoms with van der Waals surface area (Å²) in [6.45, 7) is 2.45. The minimum absolute atomic E-state index is 0.254. The number of anilines is 1. The summed E-state index contributed by atoms with van der Waals surface area (Å²) in [4.78, 5) is 30.1. The van der Waals surface area contributed by atoms with Crippen LogP contribution in [0.5, 0.6) is 0 Å². The molecule has 4 aromatic rings. The Bertz CT molecular complexity index is 1290. The van der Waals surface area contributed by atoms with Gasteiger partial charge in [-0.25, -0.2) is 9.78 Å². The van der Waals surface area contributed by atoms with E-state index in [2.05, 4.69) is 21.2 Å². The number of nitrogens with one attached hydrogen (secondary N) is 1. The fourth-order valence-electron chi connectivity index (χ4n) is 3.42. The molecule has 0 radical (unpaired) electrons. The highest BCUT2D eigenvalue weighted by Crippen LogP contribution is 2.28. The number of hydrogen-bond acceptors (Lipinski definition) is 4. The van der Waals surface area contributed by atoms with Gasteiger partial charge >= 0.3 is 5.97 Å². The minimum Gasteiger partial charge on any atom is -0.462 e. The summed E-state index contributed by atoms with van der Waals surface area (Å²) in [5.74, 6) is -0.616. The number of ether oxygens (including phenoxy) is 1. The van der Waals surface area contributed by atoms with Gasteiger partial charge in [0.05, 0.1) is 28.9 Å². The summed E-state index contributed by atoms with van der Waals surface area (Å²) in [5.41, 5.74) is 3.95. The quantitative estimate of drug-likeness (QED) is 0.221. The van der Waals surface area contributed by atoms with Crippen LogP contribution in [0.2, 0.25) is 0 Å². The van der Waals surface area contributed by atoms with E-state index in [9.17, 15) is 9.59 Å². The first-order valence-electron chi connectivity index (χ1n) is 10.8. The van der Waals surface area contributed by atoms with Crippen LogP contribution in [-0.2, 0) is 4.74 Å². The summed E-state index contributed by atoms with van der Waals surface area (Å²) in [6.07, 6.45) is 1.80. The Hall–Kier alpha value is -3.51. The fraction of sp³-hybridized carbons (Fsp3) is 0.148. The van der Waals surface area contributed by atoms with Gasteiger partial charge in [-0.2, -0.15) is 0 Å². The number of hydrogen-bond donors (Lipinski definition) is 1. The molecule has 0 atom stereocenters. The van der Waals surface area contributed by atoms with E-state index < -0.39 is 0 Å². The molecule has 1 N–H and O–H groups in total. The molecule has 6 heteroatoms. The standard InChI is InChI=1S/C27H23BrN2O3/c1-2-3-15-33-27(32)19-9-12-21(13-10-19)29-26(31)23-17-25(18-7-5-4-6-8-18)30-24-14-11-20(28)16-22(23)24/h4-14,16-17H,2-3,15H2,1H3,(H,29,31). The van der Waals surface area contributed by atoms with Crippen LogP contribution in [-0.4, -0.2) is 23.5 Å². The maximum absolute atomic E-state index is 13.3. The van der Waals surface area contributed by atoms with Crippen LogP contribution in [0, 0.1) is 0 Å². The molecule has 1 heterocycles. The first-order valence-corrected chi connectivity index (χ1v) is 11.6. The molecule has 0 aliphatic carbocycles. The normalized spacial score (nSPS) is 10.7. The number of amides is 1. The Balaban J connectivity index is 1.61. The number of carbonyl (C=O) groups is 2. The van der Waals surface area contributed by atoms with Gasteiger partial charge in [-0.3, -0.25) is 4.79 Å². The second kappa shape index (κ2) is 10.4. The minimum atomic E-state index is -0.362. The maximum atomic E-state index is 13.3. The predicted octanol–water partition coefficient (Wildman–Crippen LogP) is 6.87. The van der Waals surface area contributed by atoms with Gasteiger partial charge in [-0.15, -0.1) is 0 Å². The van der Waals surface area contributed by atoms with Gasteiger partial charge < -0.3 is 10.1 Å². The predicted molar refractivity (Wildman–Crippen MR) is 134 cm³/mol. The van der Waals surface area contributed by atoms with Crippen LogP contribution in [0.15, 0.2) is 83.3 Å². The van der Waals surface area contributed by atoms with Crippen LogP contribution >= 0.6 is 15.9 Å². The zero-order valence-corrected chi connectivity index (χ0v) is 19.8. The zero-order valence-electron chi connectivity index (χ0n) is 18.2. The number of benzene rings is 3.